The fourth-order valence-electron chi connectivity index (χ4n) is 8.26. The van der Waals surface area contributed by atoms with E-state index in [0.717, 1.165) is 13.1 Å². The molecular weight excluding hydrogens is 585 g/mol. The van der Waals surface area contributed by atoms with Gasteiger partial charge in [-0.25, -0.2) is 0 Å². The highest BCUT2D eigenvalue weighted by atomic mass is 15.5. The van der Waals surface area contributed by atoms with Gasteiger partial charge in [-0.3, -0.25) is 10.0 Å². The quantitative estimate of drug-likeness (QED) is 0.0550. The van der Waals surface area contributed by atoms with Crippen LogP contribution in [0.1, 0.15) is 245 Å². The molecule has 2 saturated carbocycles. The Balaban J connectivity index is 1.97. The molecule has 0 amide bonds. The van der Waals surface area contributed by atoms with Gasteiger partial charge in [0.25, 0.3) is 0 Å². The average molecular weight is 671 g/mol. The number of unbranched alkanes of at least 4 members (excludes halogenated alkanes) is 16. The highest BCUT2D eigenvalue weighted by molar-refractivity contribution is 6.15. The van der Waals surface area contributed by atoms with E-state index in [1.807, 2.05) is 0 Å². The molecule has 0 aromatic rings. The molecule has 0 aliphatic heterocycles. The molecule has 0 aromatic heterocycles. The monoisotopic (exact) mass is 671 g/mol. The lowest BCUT2D eigenvalue weighted by atomic mass is 9.93. The molecule has 0 bridgehead atoms. The van der Waals surface area contributed by atoms with Crippen molar-refractivity contribution in [3.63, 3.8) is 0 Å². The number of hydrogen-bond acceptors (Lipinski definition) is 4. The van der Waals surface area contributed by atoms with Crippen molar-refractivity contribution in [2.24, 2.45) is 10.2 Å². The first-order valence-electron chi connectivity index (χ1n) is 22.4. The first-order chi connectivity index (χ1) is 23.8. The van der Waals surface area contributed by atoms with Crippen LogP contribution in [0.15, 0.2) is 10.2 Å². The molecule has 0 spiro atoms. The van der Waals surface area contributed by atoms with Crippen LogP contribution in [-0.2, 0) is 0 Å². The topological polar surface area (TPSA) is 31.2 Å². The summed E-state index contributed by atoms with van der Waals surface area (Å²) < 4.78 is 0. The van der Waals surface area contributed by atoms with Crippen molar-refractivity contribution in [1.29, 1.82) is 0 Å². The second-order valence-corrected chi connectivity index (χ2v) is 15.9. The van der Waals surface area contributed by atoms with Gasteiger partial charge in [0.2, 0.25) is 0 Å². The van der Waals surface area contributed by atoms with E-state index in [-0.39, 0.29) is 0 Å². The highest BCUT2D eigenvalue weighted by Gasteiger charge is 2.25. The van der Waals surface area contributed by atoms with Gasteiger partial charge in [0.05, 0.1) is 12.4 Å². The Kier molecular flexibility index (Phi) is 29.7. The Hall–Kier alpha value is -1.06. The minimum Gasteiger partial charge on any atom is -0.297 e. The van der Waals surface area contributed by atoms with Gasteiger partial charge < -0.3 is 0 Å². The molecule has 4 heteroatoms. The van der Waals surface area contributed by atoms with Crippen LogP contribution in [0.4, 0.5) is 0 Å². The normalized spacial score (nSPS) is 18.5. The van der Waals surface area contributed by atoms with Crippen LogP contribution in [0, 0.1) is 0 Å². The maximum absolute atomic E-state index is 5.33. The molecule has 0 aromatic carbocycles. The summed E-state index contributed by atoms with van der Waals surface area (Å²) in [6.07, 6.45) is 54.2. The van der Waals surface area contributed by atoms with Crippen molar-refractivity contribution in [3.05, 3.63) is 0 Å². The van der Waals surface area contributed by atoms with Crippen LogP contribution in [0.2, 0.25) is 0 Å². The predicted octanol–water partition coefficient (Wildman–Crippen LogP) is 14.4. The number of rotatable bonds is 25. The molecule has 0 atom stereocenters. The van der Waals surface area contributed by atoms with E-state index in [1.54, 1.807) is 0 Å². The lowest BCUT2D eigenvalue weighted by Crippen LogP contribution is -2.40. The van der Waals surface area contributed by atoms with Crippen LogP contribution in [0.3, 0.4) is 0 Å². The molecule has 0 saturated heterocycles. The maximum Gasteiger partial charge on any atom is 0.0671 e. The molecule has 2 rings (SSSR count). The molecule has 0 radical (unpaired) electrons. The number of hydrogen-bond donors (Lipinski definition) is 0. The lowest BCUT2D eigenvalue weighted by molar-refractivity contribution is 0.102. The molecule has 0 N–H and O–H groups in total. The van der Waals surface area contributed by atoms with Crippen molar-refractivity contribution in [3.8, 4) is 0 Å². The lowest BCUT2D eigenvalue weighted by Gasteiger charge is -2.37. The Morgan fingerprint density at radius 2 is 0.667 bits per heavy atom. The fourth-order valence-corrected chi connectivity index (χ4v) is 8.26. The van der Waals surface area contributed by atoms with Gasteiger partial charge in [-0.1, -0.05) is 206 Å². The van der Waals surface area contributed by atoms with Gasteiger partial charge in [-0.15, -0.1) is 0 Å². The molecule has 0 heterocycles. The molecule has 4 nitrogen and oxygen atoms in total. The van der Waals surface area contributed by atoms with E-state index in [1.165, 1.54) is 231 Å². The first-order valence-corrected chi connectivity index (χ1v) is 22.4. The Labute approximate surface area is 302 Å². The van der Waals surface area contributed by atoms with Crippen molar-refractivity contribution in [1.82, 2.24) is 10.0 Å². The molecule has 2 aliphatic carbocycles. The predicted molar refractivity (Wildman–Crippen MR) is 216 cm³/mol. The van der Waals surface area contributed by atoms with Crippen molar-refractivity contribution in [2.75, 3.05) is 13.1 Å². The summed E-state index contributed by atoms with van der Waals surface area (Å²) in [5.74, 6) is 0. The summed E-state index contributed by atoms with van der Waals surface area (Å²) in [6.45, 7) is 6.83. The Morgan fingerprint density at radius 1 is 0.375 bits per heavy atom. The summed E-state index contributed by atoms with van der Waals surface area (Å²) in [5.41, 5.74) is 0. The van der Waals surface area contributed by atoms with Gasteiger partial charge in [0.15, 0.2) is 0 Å². The summed E-state index contributed by atoms with van der Waals surface area (Å²) in [4.78, 5) is 0. The summed E-state index contributed by atoms with van der Waals surface area (Å²) in [7, 11) is 0. The van der Waals surface area contributed by atoms with Crippen molar-refractivity contribution < 1.29 is 0 Å². The molecular formula is C44H86N4. The average Bonchev–Trinajstić information content (AvgIpc) is 3.11. The maximum atomic E-state index is 5.33. The minimum absolute atomic E-state index is 0.612. The van der Waals surface area contributed by atoms with Gasteiger partial charge >= 0.3 is 0 Å². The summed E-state index contributed by atoms with van der Waals surface area (Å²) in [5, 5.41) is 15.4. The van der Waals surface area contributed by atoms with Crippen LogP contribution in [0.25, 0.3) is 0 Å². The third-order valence-corrected chi connectivity index (χ3v) is 11.4. The van der Waals surface area contributed by atoms with Crippen LogP contribution in [0.5, 0.6) is 0 Å². The van der Waals surface area contributed by atoms with Crippen LogP contribution >= 0.6 is 0 Å². The van der Waals surface area contributed by atoms with E-state index in [9.17, 15) is 0 Å². The Morgan fingerprint density at radius 3 is 1.02 bits per heavy atom. The third-order valence-electron chi connectivity index (χ3n) is 11.4. The standard InChI is InChI=1S/C44H86N4/c1-3-5-7-9-11-13-21-27-33-41-47(42-34-28-22-14-12-10-8-6-4-2)45-39-40-46-48(43-35-29-23-17-15-18-24-30-36-43)44-37-31-25-19-16-20-26-32-38-44/h39-40,43-44H,3-38,41-42H2,1-2H3. The Bertz CT molecular complexity index is 653. The van der Waals surface area contributed by atoms with E-state index in [2.05, 4.69) is 36.3 Å². The molecule has 2 aliphatic rings. The first kappa shape index (κ1) is 43.1. The zero-order valence-corrected chi connectivity index (χ0v) is 33.0. The zero-order chi connectivity index (χ0) is 34.0. The van der Waals surface area contributed by atoms with E-state index < -0.39 is 0 Å². The third kappa shape index (κ3) is 24.2. The van der Waals surface area contributed by atoms with Crippen LogP contribution in [-0.4, -0.2) is 47.6 Å². The van der Waals surface area contributed by atoms with Gasteiger partial charge in [0, 0.05) is 25.2 Å². The van der Waals surface area contributed by atoms with Gasteiger partial charge in [0.1, 0.15) is 0 Å². The van der Waals surface area contributed by atoms with Crippen molar-refractivity contribution in [2.45, 2.75) is 257 Å². The molecule has 282 valence electrons. The minimum atomic E-state index is 0.612. The van der Waals surface area contributed by atoms with Crippen LogP contribution < -0.4 is 0 Å². The molecule has 48 heavy (non-hydrogen) atoms. The van der Waals surface area contributed by atoms with E-state index >= 15 is 0 Å². The van der Waals surface area contributed by atoms with Crippen molar-refractivity contribution >= 4 is 12.4 Å². The molecule has 0 unspecified atom stereocenters. The highest BCUT2D eigenvalue weighted by Crippen LogP contribution is 2.28. The van der Waals surface area contributed by atoms with E-state index in [0.29, 0.717) is 12.1 Å². The smallest absolute Gasteiger partial charge is 0.0671 e. The number of nitrogens with zero attached hydrogens (tertiary/aromatic N) is 4. The zero-order valence-electron chi connectivity index (χ0n) is 33.0. The number of hydrazone groups is 2. The summed E-state index contributed by atoms with van der Waals surface area (Å²) in [6, 6.07) is 1.22. The SMILES string of the molecule is CCCCCCCCCCCN(CCCCCCCCCCC)N=CC=NN(C1CCCCCCCCC1)C1CCCCCCCCC1. The largest absolute Gasteiger partial charge is 0.297 e. The second kappa shape index (κ2) is 33.1. The van der Waals surface area contributed by atoms with E-state index in [4.69, 9.17) is 10.2 Å². The fraction of sp³-hybridized carbons (Fsp3) is 0.955. The second-order valence-electron chi connectivity index (χ2n) is 15.9. The molecule has 2 fully saturated rings. The van der Waals surface area contributed by atoms with Gasteiger partial charge in [-0.2, -0.15) is 10.2 Å². The summed E-state index contributed by atoms with van der Waals surface area (Å²) >= 11 is 0. The van der Waals surface area contributed by atoms with Gasteiger partial charge in [-0.05, 0) is 38.5 Å².